The first-order chi connectivity index (χ1) is 17.0. The zero-order valence-electron chi connectivity index (χ0n) is 19.7. The summed E-state index contributed by atoms with van der Waals surface area (Å²) in [6.45, 7) is 0.909. The van der Waals surface area contributed by atoms with Crippen LogP contribution >= 0.6 is 24.0 Å². The summed E-state index contributed by atoms with van der Waals surface area (Å²) in [6, 6.07) is 18.0. The lowest BCUT2D eigenvalue weighted by molar-refractivity contribution is -0.138. The smallest absolute Gasteiger partial charge is 0.310 e. The molecule has 0 aliphatic heterocycles. The van der Waals surface area contributed by atoms with Crippen molar-refractivity contribution in [2.45, 2.75) is 51.1 Å². The van der Waals surface area contributed by atoms with Crippen molar-refractivity contribution >= 4 is 35.0 Å². The van der Waals surface area contributed by atoms with E-state index in [4.69, 9.17) is 5.41 Å². The molecule has 0 saturated carbocycles. The number of alkyl halides is 6. The van der Waals surface area contributed by atoms with E-state index in [0.29, 0.717) is 49.9 Å². The van der Waals surface area contributed by atoms with Gasteiger partial charge in [0.05, 0.1) is 22.2 Å². The number of benzene rings is 3. The number of imidazole rings is 1. The van der Waals surface area contributed by atoms with Crippen molar-refractivity contribution in [2.75, 3.05) is 0 Å². The molecular weight excluding hydrogens is 607 g/mol. The van der Waals surface area contributed by atoms with Gasteiger partial charge in [0.2, 0.25) is 5.62 Å². The van der Waals surface area contributed by atoms with Crippen molar-refractivity contribution in [1.29, 1.82) is 5.41 Å². The van der Waals surface area contributed by atoms with Crippen LogP contribution in [0.3, 0.4) is 0 Å². The Balaban J connectivity index is 0.00000380. The van der Waals surface area contributed by atoms with Crippen LogP contribution in [0, 0.1) is 5.41 Å². The molecular formula is C27H26F6IN3. The first kappa shape index (κ1) is 28.8. The van der Waals surface area contributed by atoms with Crippen LogP contribution in [0.1, 0.15) is 35.1 Å². The average Bonchev–Trinajstić information content (AvgIpc) is 3.09. The largest absolute Gasteiger partial charge is 0.416 e. The number of fused-ring (bicyclic) bond motifs is 1. The second-order valence-corrected chi connectivity index (χ2v) is 8.72. The molecule has 0 saturated heterocycles. The zero-order chi connectivity index (χ0) is 25.9. The summed E-state index contributed by atoms with van der Waals surface area (Å²) in [4.78, 5) is 0. The average molecular weight is 633 g/mol. The summed E-state index contributed by atoms with van der Waals surface area (Å²) in [5.41, 5.74) is 1.75. The van der Waals surface area contributed by atoms with Crippen LogP contribution in [0.15, 0.2) is 72.8 Å². The van der Waals surface area contributed by atoms with Gasteiger partial charge in [-0.05, 0) is 61.1 Å². The molecule has 198 valence electrons. The van der Waals surface area contributed by atoms with E-state index in [1.807, 2.05) is 33.4 Å². The van der Waals surface area contributed by atoms with E-state index < -0.39 is 23.5 Å². The van der Waals surface area contributed by atoms with Crippen LogP contribution in [0.4, 0.5) is 26.3 Å². The van der Waals surface area contributed by atoms with Gasteiger partial charge < -0.3 is 9.13 Å². The third kappa shape index (κ3) is 6.97. The Morgan fingerprint density at radius 1 is 0.595 bits per heavy atom. The van der Waals surface area contributed by atoms with Crippen LogP contribution < -0.4 is 5.62 Å². The Labute approximate surface area is 227 Å². The van der Waals surface area contributed by atoms with Crippen LogP contribution in [-0.4, -0.2) is 9.13 Å². The van der Waals surface area contributed by atoms with Crippen LogP contribution in [0.25, 0.3) is 11.0 Å². The maximum atomic E-state index is 13.0. The fraction of sp³-hybridized carbons (Fsp3) is 0.296. The number of hydrogen-bond acceptors (Lipinski definition) is 1. The normalized spacial score (nSPS) is 12.1. The number of hydrogen-bond donors (Lipinski definition) is 1. The van der Waals surface area contributed by atoms with Crippen molar-refractivity contribution in [2.24, 2.45) is 0 Å². The number of aryl methyl sites for hydroxylation is 4. The zero-order valence-corrected chi connectivity index (χ0v) is 22.1. The monoisotopic (exact) mass is 633 g/mol. The standard InChI is InChI=1S/C27H25F6N3.HI/c28-26(29,30)21-11-3-7-19(17-21)9-5-15-35-23-13-1-2-14-24(23)36(25(35)34)16-6-10-20-8-4-12-22(18-20)27(31,32)33;/h1-4,7-8,11-14,17-18,34H,5-6,9-10,15-16H2;1H. The minimum Gasteiger partial charge on any atom is -0.310 e. The van der Waals surface area contributed by atoms with E-state index in [1.165, 1.54) is 12.1 Å². The molecule has 37 heavy (non-hydrogen) atoms. The quantitative estimate of drug-likeness (QED) is 0.152. The molecule has 3 aromatic carbocycles. The molecule has 1 heterocycles. The van der Waals surface area contributed by atoms with E-state index in [9.17, 15) is 26.3 Å². The summed E-state index contributed by atoms with van der Waals surface area (Å²) in [5, 5.41) is 8.70. The molecule has 1 aromatic heterocycles. The highest BCUT2D eigenvalue weighted by atomic mass is 127. The van der Waals surface area contributed by atoms with Gasteiger partial charge in [0.25, 0.3) is 0 Å². The predicted molar refractivity (Wildman–Crippen MR) is 141 cm³/mol. The molecule has 0 unspecified atom stereocenters. The number of aromatic nitrogens is 2. The van der Waals surface area contributed by atoms with Crippen LogP contribution in [0.5, 0.6) is 0 Å². The summed E-state index contributed by atoms with van der Waals surface area (Å²) in [5.74, 6) is 0. The SMILES string of the molecule is I.N=c1n(CCCc2cccc(C(F)(F)F)c2)c2ccccc2n1CCCc1cccc(C(F)(F)F)c1. The lowest BCUT2D eigenvalue weighted by Gasteiger charge is -2.10. The van der Waals surface area contributed by atoms with Crippen molar-refractivity contribution in [3.05, 3.63) is 101 Å². The minimum atomic E-state index is -4.39. The molecule has 0 bridgehead atoms. The predicted octanol–water partition coefficient (Wildman–Crippen LogP) is 7.84. The van der Waals surface area contributed by atoms with E-state index in [2.05, 4.69) is 0 Å². The number of nitrogens with zero attached hydrogens (tertiary/aromatic N) is 2. The molecule has 4 aromatic rings. The Kier molecular flexibility index (Phi) is 9.14. The summed E-state index contributed by atoms with van der Waals surface area (Å²) in [7, 11) is 0. The van der Waals surface area contributed by atoms with Crippen LogP contribution in [0.2, 0.25) is 0 Å². The molecule has 4 rings (SSSR count). The Morgan fingerprint density at radius 3 is 1.38 bits per heavy atom. The molecule has 10 heteroatoms. The topological polar surface area (TPSA) is 33.7 Å². The fourth-order valence-electron chi connectivity index (χ4n) is 4.44. The second-order valence-electron chi connectivity index (χ2n) is 8.72. The van der Waals surface area contributed by atoms with Gasteiger partial charge in [0.15, 0.2) is 0 Å². The maximum Gasteiger partial charge on any atom is 0.416 e. The summed E-state index contributed by atoms with van der Waals surface area (Å²) < 4.78 is 81.6. The second kappa shape index (κ2) is 11.7. The summed E-state index contributed by atoms with van der Waals surface area (Å²) >= 11 is 0. The third-order valence-corrected chi connectivity index (χ3v) is 6.18. The highest BCUT2D eigenvalue weighted by Gasteiger charge is 2.31. The molecule has 0 aliphatic rings. The molecule has 0 atom stereocenters. The van der Waals surface area contributed by atoms with Crippen molar-refractivity contribution in [3.63, 3.8) is 0 Å². The molecule has 0 spiro atoms. The molecule has 3 nitrogen and oxygen atoms in total. The minimum absolute atomic E-state index is 0. The first-order valence-corrected chi connectivity index (χ1v) is 11.6. The number of para-hydroxylation sites is 2. The molecule has 0 fully saturated rings. The Bertz CT molecular complexity index is 1300. The van der Waals surface area contributed by atoms with Crippen molar-refractivity contribution < 1.29 is 26.3 Å². The highest BCUT2D eigenvalue weighted by molar-refractivity contribution is 14.0. The van der Waals surface area contributed by atoms with Gasteiger partial charge in [-0.1, -0.05) is 48.5 Å². The first-order valence-electron chi connectivity index (χ1n) is 11.6. The van der Waals surface area contributed by atoms with Gasteiger partial charge in [-0.2, -0.15) is 26.3 Å². The lowest BCUT2D eigenvalue weighted by Crippen LogP contribution is -2.25. The van der Waals surface area contributed by atoms with Gasteiger partial charge in [-0.3, -0.25) is 5.41 Å². The van der Waals surface area contributed by atoms with E-state index in [-0.39, 0.29) is 29.6 Å². The number of rotatable bonds is 8. The Hall–Kier alpha value is -2.76. The summed E-state index contributed by atoms with van der Waals surface area (Å²) in [6.07, 6.45) is -6.80. The van der Waals surface area contributed by atoms with E-state index >= 15 is 0 Å². The fourth-order valence-corrected chi connectivity index (χ4v) is 4.44. The Morgan fingerprint density at radius 2 is 1.00 bits per heavy atom. The number of halogens is 7. The molecule has 1 N–H and O–H groups in total. The van der Waals surface area contributed by atoms with E-state index in [0.717, 1.165) is 35.3 Å². The van der Waals surface area contributed by atoms with Crippen molar-refractivity contribution in [3.8, 4) is 0 Å². The van der Waals surface area contributed by atoms with Crippen LogP contribution in [-0.2, 0) is 38.3 Å². The molecule has 0 aliphatic carbocycles. The maximum absolute atomic E-state index is 13.0. The van der Waals surface area contributed by atoms with Gasteiger partial charge in [-0.25, -0.2) is 0 Å². The molecule has 0 amide bonds. The highest BCUT2D eigenvalue weighted by Crippen LogP contribution is 2.30. The number of nitrogens with one attached hydrogen (secondary N) is 1. The third-order valence-electron chi connectivity index (χ3n) is 6.18. The van der Waals surface area contributed by atoms with Gasteiger partial charge in [-0.15, -0.1) is 24.0 Å². The molecule has 0 radical (unpaired) electrons. The van der Waals surface area contributed by atoms with Gasteiger partial charge in [0, 0.05) is 13.1 Å². The van der Waals surface area contributed by atoms with Gasteiger partial charge in [0.1, 0.15) is 0 Å². The van der Waals surface area contributed by atoms with Gasteiger partial charge >= 0.3 is 12.4 Å². The lowest BCUT2D eigenvalue weighted by atomic mass is 10.1. The van der Waals surface area contributed by atoms with Crippen molar-refractivity contribution in [1.82, 2.24) is 9.13 Å². The van der Waals surface area contributed by atoms with E-state index in [1.54, 1.807) is 12.1 Å².